The van der Waals surface area contributed by atoms with E-state index >= 15 is 0 Å². The first-order chi connectivity index (χ1) is 13.1. The molecule has 4 rings (SSSR count). The third-order valence-electron chi connectivity index (χ3n) is 4.66. The zero-order valence-electron chi connectivity index (χ0n) is 14.5. The molecule has 1 aromatic heterocycles. The van der Waals surface area contributed by atoms with E-state index in [1.165, 1.54) is 0 Å². The first-order valence-corrected chi connectivity index (χ1v) is 9.13. The molecule has 138 valence electrons. The maximum atomic E-state index is 12.1. The summed E-state index contributed by atoms with van der Waals surface area (Å²) in [7, 11) is 0. The number of hydrogen-bond donors (Lipinski definition) is 1. The Morgan fingerprint density at radius 3 is 2.78 bits per heavy atom. The Labute approximate surface area is 161 Å². The second-order valence-electron chi connectivity index (χ2n) is 6.41. The third kappa shape index (κ3) is 3.46. The molecule has 1 aliphatic rings. The van der Waals surface area contributed by atoms with Gasteiger partial charge in [-0.05, 0) is 30.5 Å². The van der Waals surface area contributed by atoms with Crippen molar-refractivity contribution in [1.29, 1.82) is 0 Å². The SMILES string of the molecule is O=C(N=Nc1c(O)n(Cc2ccccc2Cl)c2ccccc12)C1CCCO1. The van der Waals surface area contributed by atoms with E-state index in [0.717, 1.165) is 17.5 Å². The van der Waals surface area contributed by atoms with Gasteiger partial charge in [0.1, 0.15) is 6.10 Å². The number of hydrogen-bond acceptors (Lipinski definition) is 4. The number of aromatic hydroxyl groups is 1. The van der Waals surface area contributed by atoms with Gasteiger partial charge in [0.2, 0.25) is 5.88 Å². The van der Waals surface area contributed by atoms with E-state index in [0.29, 0.717) is 30.0 Å². The van der Waals surface area contributed by atoms with Gasteiger partial charge in [-0.2, -0.15) is 0 Å². The molecule has 3 aromatic rings. The number of aromatic nitrogens is 1. The average Bonchev–Trinajstić information content (AvgIpc) is 3.30. The summed E-state index contributed by atoms with van der Waals surface area (Å²) in [5, 5.41) is 19.9. The summed E-state index contributed by atoms with van der Waals surface area (Å²) in [5.74, 6) is -0.477. The van der Waals surface area contributed by atoms with Crippen molar-refractivity contribution in [2.24, 2.45) is 10.2 Å². The molecule has 1 saturated heterocycles. The number of nitrogens with zero attached hydrogens (tertiary/aromatic N) is 3. The largest absolute Gasteiger partial charge is 0.493 e. The van der Waals surface area contributed by atoms with E-state index in [4.69, 9.17) is 16.3 Å². The van der Waals surface area contributed by atoms with Crippen LogP contribution in [-0.4, -0.2) is 28.3 Å². The Balaban J connectivity index is 1.72. The Hall–Kier alpha value is -2.70. The molecule has 0 aliphatic carbocycles. The van der Waals surface area contributed by atoms with Gasteiger partial charge in [0.05, 0.1) is 12.1 Å². The fraction of sp³-hybridized carbons (Fsp3) is 0.250. The standard InChI is InChI=1S/C20H18ClN3O3/c21-15-8-3-1-6-13(15)12-24-16-9-4-2-7-14(16)18(20(24)26)22-23-19(25)17-10-5-11-27-17/h1-4,6-9,17,26H,5,10-12H2. The minimum absolute atomic E-state index is 0.0555. The molecule has 0 spiro atoms. The van der Waals surface area contributed by atoms with Gasteiger partial charge in [-0.1, -0.05) is 48.0 Å². The lowest BCUT2D eigenvalue weighted by Gasteiger charge is -2.08. The fourth-order valence-corrected chi connectivity index (χ4v) is 3.46. The smallest absolute Gasteiger partial charge is 0.293 e. The predicted molar refractivity (Wildman–Crippen MR) is 103 cm³/mol. The molecular weight excluding hydrogens is 366 g/mol. The van der Waals surface area contributed by atoms with Crippen molar-refractivity contribution in [1.82, 2.24) is 4.57 Å². The van der Waals surface area contributed by atoms with E-state index < -0.39 is 12.0 Å². The van der Waals surface area contributed by atoms with Crippen LogP contribution < -0.4 is 0 Å². The van der Waals surface area contributed by atoms with Gasteiger partial charge in [0.25, 0.3) is 5.91 Å². The summed E-state index contributed by atoms with van der Waals surface area (Å²) in [6, 6.07) is 14.9. The van der Waals surface area contributed by atoms with Crippen molar-refractivity contribution in [3.63, 3.8) is 0 Å². The molecule has 0 radical (unpaired) electrons. The maximum Gasteiger partial charge on any atom is 0.293 e. The first kappa shape index (κ1) is 17.7. The lowest BCUT2D eigenvalue weighted by molar-refractivity contribution is -0.126. The highest BCUT2D eigenvalue weighted by atomic mass is 35.5. The predicted octanol–water partition coefficient (Wildman–Crippen LogP) is 4.84. The highest BCUT2D eigenvalue weighted by Gasteiger charge is 2.24. The Kier molecular flexibility index (Phi) is 4.92. The van der Waals surface area contributed by atoms with Crippen molar-refractivity contribution >= 4 is 34.1 Å². The van der Waals surface area contributed by atoms with E-state index in [-0.39, 0.29) is 11.6 Å². The number of ether oxygens (including phenoxy) is 1. The fourth-order valence-electron chi connectivity index (χ4n) is 3.26. The highest BCUT2D eigenvalue weighted by Crippen LogP contribution is 2.39. The normalized spacial score (nSPS) is 17.1. The van der Waals surface area contributed by atoms with Crippen LogP contribution in [0.25, 0.3) is 10.9 Å². The van der Waals surface area contributed by atoms with Gasteiger partial charge in [0, 0.05) is 17.0 Å². The lowest BCUT2D eigenvalue weighted by atomic mass is 10.2. The van der Waals surface area contributed by atoms with Crippen LogP contribution >= 0.6 is 11.6 Å². The minimum atomic E-state index is -0.535. The van der Waals surface area contributed by atoms with E-state index in [9.17, 15) is 9.90 Å². The zero-order valence-corrected chi connectivity index (χ0v) is 15.3. The molecule has 6 nitrogen and oxygen atoms in total. The highest BCUT2D eigenvalue weighted by molar-refractivity contribution is 6.31. The number of rotatable bonds is 4. The van der Waals surface area contributed by atoms with Crippen molar-refractivity contribution in [2.75, 3.05) is 6.61 Å². The van der Waals surface area contributed by atoms with Crippen LogP contribution in [0.15, 0.2) is 58.8 Å². The summed E-state index contributed by atoms with van der Waals surface area (Å²) in [6.45, 7) is 0.940. The molecule has 7 heteroatoms. The van der Waals surface area contributed by atoms with E-state index in [1.54, 1.807) is 10.6 Å². The summed E-state index contributed by atoms with van der Waals surface area (Å²) in [4.78, 5) is 12.1. The van der Waals surface area contributed by atoms with Gasteiger partial charge in [0.15, 0.2) is 5.69 Å². The number of benzene rings is 2. The molecule has 0 saturated carbocycles. The number of halogens is 1. The monoisotopic (exact) mass is 383 g/mol. The summed E-state index contributed by atoms with van der Waals surface area (Å²) < 4.78 is 7.04. The number of carbonyl (C=O) groups is 1. The minimum Gasteiger partial charge on any atom is -0.493 e. The van der Waals surface area contributed by atoms with Crippen molar-refractivity contribution in [3.05, 3.63) is 59.1 Å². The Morgan fingerprint density at radius 2 is 2.00 bits per heavy atom. The topological polar surface area (TPSA) is 76.2 Å². The molecule has 1 N–H and O–H groups in total. The molecule has 1 aliphatic heterocycles. The zero-order chi connectivity index (χ0) is 18.8. The number of fused-ring (bicyclic) bond motifs is 1. The molecule has 1 amide bonds. The molecule has 0 bridgehead atoms. The van der Waals surface area contributed by atoms with Crippen LogP contribution in [0.3, 0.4) is 0 Å². The molecule has 1 atom stereocenters. The van der Waals surface area contributed by atoms with Gasteiger partial charge < -0.3 is 14.4 Å². The Bertz CT molecular complexity index is 1020. The van der Waals surface area contributed by atoms with Crippen LogP contribution in [0, 0.1) is 0 Å². The molecule has 27 heavy (non-hydrogen) atoms. The second-order valence-corrected chi connectivity index (χ2v) is 6.81. The number of azo groups is 1. The molecule has 2 heterocycles. The van der Waals surface area contributed by atoms with Gasteiger partial charge in [-0.3, -0.25) is 4.79 Å². The average molecular weight is 384 g/mol. The van der Waals surface area contributed by atoms with Crippen LogP contribution in [-0.2, 0) is 16.1 Å². The molecule has 1 unspecified atom stereocenters. The third-order valence-corrected chi connectivity index (χ3v) is 5.03. The van der Waals surface area contributed by atoms with Crippen molar-refractivity contribution in [3.8, 4) is 5.88 Å². The molecule has 1 fully saturated rings. The van der Waals surface area contributed by atoms with Crippen LogP contribution in [0.5, 0.6) is 5.88 Å². The molecular formula is C20H18ClN3O3. The van der Waals surface area contributed by atoms with Crippen LogP contribution in [0.2, 0.25) is 5.02 Å². The van der Waals surface area contributed by atoms with Gasteiger partial charge in [-0.15, -0.1) is 10.2 Å². The quantitative estimate of drug-likeness (QED) is 0.655. The lowest BCUT2D eigenvalue weighted by Crippen LogP contribution is -2.16. The summed E-state index contributed by atoms with van der Waals surface area (Å²) in [6.07, 6.45) is 0.958. The summed E-state index contributed by atoms with van der Waals surface area (Å²) in [5.41, 5.74) is 1.92. The first-order valence-electron chi connectivity index (χ1n) is 8.76. The number of para-hydroxylation sites is 1. The van der Waals surface area contributed by atoms with E-state index in [2.05, 4.69) is 10.2 Å². The number of carbonyl (C=O) groups excluding carboxylic acids is 1. The van der Waals surface area contributed by atoms with Crippen LogP contribution in [0.4, 0.5) is 5.69 Å². The Morgan fingerprint density at radius 1 is 1.22 bits per heavy atom. The second kappa shape index (κ2) is 7.50. The maximum absolute atomic E-state index is 12.1. The van der Waals surface area contributed by atoms with Crippen molar-refractivity contribution < 1.29 is 14.6 Å². The molecule has 2 aromatic carbocycles. The van der Waals surface area contributed by atoms with Gasteiger partial charge in [-0.25, -0.2) is 0 Å². The van der Waals surface area contributed by atoms with Crippen LogP contribution in [0.1, 0.15) is 18.4 Å². The summed E-state index contributed by atoms with van der Waals surface area (Å²) >= 11 is 6.26. The number of amides is 1. The van der Waals surface area contributed by atoms with Crippen molar-refractivity contribution in [2.45, 2.75) is 25.5 Å². The van der Waals surface area contributed by atoms with E-state index in [1.807, 2.05) is 42.5 Å². The van der Waals surface area contributed by atoms with Gasteiger partial charge >= 0.3 is 0 Å².